The Morgan fingerprint density at radius 3 is 2.62 bits per heavy atom. The van der Waals surface area contributed by atoms with Crippen LogP contribution in [0.1, 0.15) is 32.6 Å². The number of thioether (sulfide) groups is 1. The van der Waals surface area contributed by atoms with Gasteiger partial charge in [-0.3, -0.25) is 10.3 Å². The van der Waals surface area contributed by atoms with E-state index in [4.69, 9.17) is 5.26 Å². The summed E-state index contributed by atoms with van der Waals surface area (Å²) in [5.74, 6) is 0. The third kappa shape index (κ3) is 2.92. The first-order valence-electron chi connectivity index (χ1n) is 4.49. The van der Waals surface area contributed by atoms with Gasteiger partial charge in [-0.05, 0) is 26.0 Å². The zero-order valence-electron chi connectivity index (χ0n) is 8.13. The molecule has 1 aliphatic carbocycles. The quantitative estimate of drug-likeness (QED) is 0.303. The Morgan fingerprint density at radius 2 is 2.15 bits per heavy atom. The highest BCUT2D eigenvalue weighted by Crippen LogP contribution is 2.33. The number of nitrogens with zero attached hydrogens (tertiary/aromatic N) is 2. The van der Waals surface area contributed by atoms with Crippen molar-refractivity contribution in [2.45, 2.75) is 38.1 Å². The van der Waals surface area contributed by atoms with Gasteiger partial charge in [0.1, 0.15) is 0 Å². The summed E-state index contributed by atoms with van der Waals surface area (Å²) in [5, 5.41) is 11.8. The van der Waals surface area contributed by atoms with Crippen LogP contribution >= 0.6 is 11.8 Å². The number of nitrogens with one attached hydrogen (secondary N) is 1. The second kappa shape index (κ2) is 4.52. The molecular formula is C9H15N3S. The van der Waals surface area contributed by atoms with Crippen molar-refractivity contribution < 1.29 is 0 Å². The summed E-state index contributed by atoms with van der Waals surface area (Å²) < 4.78 is 0. The average Bonchev–Trinajstić information content (AvgIpc) is 2.51. The van der Waals surface area contributed by atoms with Gasteiger partial charge in [-0.1, -0.05) is 24.6 Å². The van der Waals surface area contributed by atoms with E-state index in [1.165, 1.54) is 24.6 Å². The average molecular weight is 197 g/mol. The van der Waals surface area contributed by atoms with Crippen LogP contribution in [0.3, 0.4) is 0 Å². The van der Waals surface area contributed by atoms with E-state index in [0.29, 0.717) is 0 Å². The lowest BCUT2D eigenvalue weighted by Crippen LogP contribution is -2.23. The predicted molar refractivity (Wildman–Crippen MR) is 56.6 cm³/mol. The Hall–Kier alpha value is -0.690. The number of amidine groups is 1. The Bertz CT molecular complexity index is 236. The van der Waals surface area contributed by atoms with Gasteiger partial charge in [0.2, 0.25) is 0 Å². The number of aliphatic imine (C=N–C) groups is 1. The molecule has 0 amide bonds. The summed E-state index contributed by atoms with van der Waals surface area (Å²) in [4.78, 5) is 4.56. The minimum Gasteiger partial charge on any atom is -0.272 e. The van der Waals surface area contributed by atoms with Crippen LogP contribution in [0, 0.1) is 11.5 Å². The van der Waals surface area contributed by atoms with E-state index < -0.39 is 0 Å². The van der Waals surface area contributed by atoms with E-state index in [-0.39, 0.29) is 5.54 Å². The van der Waals surface area contributed by atoms with Crippen LogP contribution in [-0.4, -0.2) is 17.0 Å². The highest BCUT2D eigenvalue weighted by molar-refractivity contribution is 8.13. The van der Waals surface area contributed by atoms with Gasteiger partial charge in [-0.15, -0.1) is 0 Å². The van der Waals surface area contributed by atoms with Gasteiger partial charge in [0.25, 0.3) is 0 Å². The highest BCUT2D eigenvalue weighted by atomic mass is 32.2. The number of nitriles is 1. The molecule has 0 aromatic heterocycles. The van der Waals surface area contributed by atoms with Gasteiger partial charge in [-0.2, -0.15) is 5.26 Å². The fraction of sp³-hybridized carbons (Fsp3) is 0.778. The van der Waals surface area contributed by atoms with Crippen molar-refractivity contribution >= 4 is 16.9 Å². The summed E-state index contributed by atoms with van der Waals surface area (Å²) in [6.45, 7) is 2.16. The summed E-state index contributed by atoms with van der Waals surface area (Å²) in [7, 11) is 0. The van der Waals surface area contributed by atoms with Crippen LogP contribution in [0.5, 0.6) is 0 Å². The van der Waals surface area contributed by atoms with Gasteiger partial charge in [0, 0.05) is 0 Å². The van der Waals surface area contributed by atoms with Crippen molar-refractivity contribution in [2.24, 2.45) is 4.99 Å². The lowest BCUT2D eigenvalue weighted by atomic mass is 10.0. The van der Waals surface area contributed by atoms with E-state index in [9.17, 15) is 0 Å². The zero-order valence-corrected chi connectivity index (χ0v) is 8.95. The van der Waals surface area contributed by atoms with Crippen molar-refractivity contribution in [3.8, 4) is 6.19 Å². The van der Waals surface area contributed by atoms with Crippen LogP contribution < -0.4 is 5.32 Å². The van der Waals surface area contributed by atoms with E-state index >= 15 is 0 Å². The monoisotopic (exact) mass is 197 g/mol. The lowest BCUT2D eigenvalue weighted by molar-refractivity contribution is 0.491. The van der Waals surface area contributed by atoms with Crippen LogP contribution in [0.25, 0.3) is 0 Å². The molecule has 0 unspecified atom stereocenters. The van der Waals surface area contributed by atoms with Crippen molar-refractivity contribution in [1.82, 2.24) is 5.32 Å². The molecule has 0 spiro atoms. The highest BCUT2D eigenvalue weighted by Gasteiger charge is 2.28. The summed E-state index contributed by atoms with van der Waals surface area (Å²) in [6, 6.07) is 0. The SMILES string of the molecule is CSC(=NC1(C)CCCC1)NC#N. The molecule has 0 saturated heterocycles. The van der Waals surface area contributed by atoms with Gasteiger partial charge in [-0.25, -0.2) is 0 Å². The normalized spacial score (nSPS) is 21.2. The fourth-order valence-corrected chi connectivity index (χ4v) is 2.13. The van der Waals surface area contributed by atoms with Gasteiger partial charge in [0.15, 0.2) is 11.4 Å². The third-order valence-corrected chi connectivity index (χ3v) is 2.99. The molecule has 72 valence electrons. The van der Waals surface area contributed by atoms with Crippen molar-refractivity contribution in [1.29, 1.82) is 5.26 Å². The number of rotatable bonds is 1. The first-order valence-corrected chi connectivity index (χ1v) is 5.72. The number of hydrogen-bond acceptors (Lipinski definition) is 3. The zero-order chi connectivity index (χ0) is 9.73. The van der Waals surface area contributed by atoms with E-state index in [0.717, 1.165) is 18.0 Å². The molecule has 0 heterocycles. The Balaban J connectivity index is 2.65. The smallest absolute Gasteiger partial charge is 0.183 e. The molecule has 0 aliphatic heterocycles. The molecule has 0 bridgehead atoms. The standard InChI is InChI=1S/C9H15N3S/c1-9(5-3-4-6-9)12-8(13-2)11-7-10/h3-6H2,1-2H3,(H,11,12). The van der Waals surface area contributed by atoms with Crippen molar-refractivity contribution in [3.05, 3.63) is 0 Å². The molecule has 4 heteroatoms. The maximum atomic E-state index is 8.47. The predicted octanol–water partition coefficient (Wildman–Crippen LogP) is 2.11. The fourth-order valence-electron chi connectivity index (χ4n) is 1.67. The van der Waals surface area contributed by atoms with Crippen molar-refractivity contribution in [2.75, 3.05) is 6.26 Å². The first kappa shape index (κ1) is 10.4. The van der Waals surface area contributed by atoms with Gasteiger partial charge >= 0.3 is 0 Å². The maximum absolute atomic E-state index is 8.47. The third-order valence-electron chi connectivity index (χ3n) is 2.41. The second-order valence-corrected chi connectivity index (χ2v) is 4.36. The Labute approximate surface area is 83.6 Å². The van der Waals surface area contributed by atoms with E-state index in [1.54, 1.807) is 0 Å². The molecule has 1 fully saturated rings. The largest absolute Gasteiger partial charge is 0.272 e. The van der Waals surface area contributed by atoms with Crippen LogP contribution in [0.4, 0.5) is 0 Å². The molecule has 3 nitrogen and oxygen atoms in total. The van der Waals surface area contributed by atoms with Crippen molar-refractivity contribution in [3.63, 3.8) is 0 Å². The molecule has 13 heavy (non-hydrogen) atoms. The first-order chi connectivity index (χ1) is 6.20. The van der Waals surface area contributed by atoms with Crippen LogP contribution in [-0.2, 0) is 0 Å². The summed E-state index contributed by atoms with van der Waals surface area (Å²) in [5.41, 5.74) is 0.0716. The molecule has 1 aliphatic rings. The minimum atomic E-state index is 0.0716. The van der Waals surface area contributed by atoms with Crippen LogP contribution in [0.15, 0.2) is 4.99 Å². The van der Waals surface area contributed by atoms with E-state index in [2.05, 4.69) is 17.2 Å². The number of hydrogen-bond donors (Lipinski definition) is 1. The van der Waals surface area contributed by atoms with Crippen LogP contribution in [0.2, 0.25) is 0 Å². The molecule has 0 aromatic rings. The molecule has 1 N–H and O–H groups in total. The molecule has 0 atom stereocenters. The lowest BCUT2D eigenvalue weighted by Gasteiger charge is -2.18. The van der Waals surface area contributed by atoms with Gasteiger partial charge in [0.05, 0.1) is 5.54 Å². The Kier molecular flexibility index (Phi) is 3.61. The maximum Gasteiger partial charge on any atom is 0.183 e. The summed E-state index contributed by atoms with van der Waals surface area (Å²) in [6.07, 6.45) is 8.64. The summed E-state index contributed by atoms with van der Waals surface area (Å²) >= 11 is 1.50. The van der Waals surface area contributed by atoms with Gasteiger partial charge < -0.3 is 0 Å². The molecule has 0 radical (unpaired) electrons. The second-order valence-electron chi connectivity index (χ2n) is 3.56. The molecular weight excluding hydrogens is 182 g/mol. The molecule has 1 rings (SSSR count). The molecule has 0 aromatic carbocycles. The molecule has 1 saturated carbocycles. The minimum absolute atomic E-state index is 0.0716. The Morgan fingerprint density at radius 1 is 1.54 bits per heavy atom. The topological polar surface area (TPSA) is 48.2 Å². The van der Waals surface area contributed by atoms with E-state index in [1.807, 2.05) is 12.4 Å².